The van der Waals surface area contributed by atoms with Crippen LogP contribution in [0.5, 0.6) is 5.75 Å². The van der Waals surface area contributed by atoms with Gasteiger partial charge in [-0.3, -0.25) is 4.79 Å². The van der Waals surface area contributed by atoms with Crippen molar-refractivity contribution < 1.29 is 9.15 Å². The molecule has 1 aromatic carbocycles. The molecule has 1 N–H and O–H groups in total. The zero-order valence-corrected chi connectivity index (χ0v) is 17.8. The van der Waals surface area contributed by atoms with Crippen LogP contribution in [-0.2, 0) is 5.75 Å². The molecule has 3 heterocycles. The Bertz CT molecular complexity index is 1270. The molecule has 0 spiro atoms. The summed E-state index contributed by atoms with van der Waals surface area (Å²) < 4.78 is 10.9. The number of H-pyrrole nitrogens is 1. The number of aryl methyl sites for hydroxylation is 1. The zero-order valence-electron chi connectivity index (χ0n) is 16.1. The van der Waals surface area contributed by atoms with E-state index in [1.54, 1.807) is 42.7 Å². The van der Waals surface area contributed by atoms with Crippen molar-refractivity contribution in [3.63, 3.8) is 0 Å². The van der Waals surface area contributed by atoms with Crippen LogP contribution in [0.25, 0.3) is 22.0 Å². The summed E-state index contributed by atoms with van der Waals surface area (Å²) in [7, 11) is 1.58. The Labute approximate surface area is 180 Å². The lowest BCUT2D eigenvalue weighted by Gasteiger charge is -2.07. The minimum absolute atomic E-state index is 0.0258. The van der Waals surface area contributed by atoms with Gasteiger partial charge in [0, 0.05) is 11.3 Å². The lowest BCUT2D eigenvalue weighted by atomic mass is 10.1. The lowest BCUT2D eigenvalue weighted by Crippen LogP contribution is -2.14. The Balaban J connectivity index is 1.62. The van der Waals surface area contributed by atoms with Gasteiger partial charge in [-0.2, -0.15) is 5.26 Å². The number of aromatic amines is 1. The topological polar surface area (TPSA) is 105 Å². The van der Waals surface area contributed by atoms with E-state index in [1.165, 1.54) is 11.8 Å². The number of nitrogens with zero attached hydrogens (tertiary/aromatic N) is 3. The van der Waals surface area contributed by atoms with Crippen LogP contribution < -0.4 is 10.3 Å². The number of hydrogen-bond donors (Lipinski definition) is 1. The van der Waals surface area contributed by atoms with Gasteiger partial charge in [0.25, 0.3) is 5.56 Å². The van der Waals surface area contributed by atoms with E-state index in [0.29, 0.717) is 33.8 Å². The van der Waals surface area contributed by atoms with Crippen LogP contribution in [0.4, 0.5) is 0 Å². The predicted molar refractivity (Wildman–Crippen MR) is 116 cm³/mol. The van der Waals surface area contributed by atoms with Crippen molar-refractivity contribution in [1.29, 1.82) is 5.26 Å². The predicted octanol–water partition coefficient (Wildman–Crippen LogP) is 4.63. The van der Waals surface area contributed by atoms with Crippen LogP contribution in [0.1, 0.15) is 17.0 Å². The molecule has 0 aliphatic rings. The van der Waals surface area contributed by atoms with E-state index in [9.17, 15) is 10.1 Å². The quantitative estimate of drug-likeness (QED) is 0.347. The van der Waals surface area contributed by atoms with E-state index in [0.717, 1.165) is 16.3 Å². The summed E-state index contributed by atoms with van der Waals surface area (Å²) in [5.41, 5.74) is 1.28. The number of nitrogens with one attached hydrogen (secondary N) is 1. The van der Waals surface area contributed by atoms with Gasteiger partial charge in [0.05, 0.1) is 23.4 Å². The smallest absolute Gasteiger partial charge is 0.270 e. The number of nitriles is 1. The molecule has 7 nitrogen and oxygen atoms in total. The monoisotopic (exact) mass is 436 g/mol. The van der Waals surface area contributed by atoms with E-state index in [-0.39, 0.29) is 5.56 Å². The third kappa shape index (κ3) is 4.01. The van der Waals surface area contributed by atoms with Crippen LogP contribution in [0, 0.1) is 18.3 Å². The van der Waals surface area contributed by atoms with Crippen LogP contribution in [0.3, 0.4) is 0 Å². The largest absolute Gasteiger partial charge is 0.497 e. The van der Waals surface area contributed by atoms with Gasteiger partial charge in [-0.25, -0.2) is 9.97 Å². The number of thiophene rings is 1. The van der Waals surface area contributed by atoms with Crippen LogP contribution >= 0.6 is 23.1 Å². The highest BCUT2D eigenvalue weighted by atomic mass is 32.2. The Morgan fingerprint density at radius 2 is 2.07 bits per heavy atom. The van der Waals surface area contributed by atoms with Crippen molar-refractivity contribution in [1.82, 2.24) is 15.0 Å². The maximum absolute atomic E-state index is 12.4. The van der Waals surface area contributed by atoms with Crippen LogP contribution in [-0.4, -0.2) is 22.1 Å². The second-order valence-corrected chi connectivity index (χ2v) is 8.13. The van der Waals surface area contributed by atoms with Crippen molar-refractivity contribution in [2.45, 2.75) is 17.8 Å². The Morgan fingerprint density at radius 3 is 2.73 bits per heavy atom. The first-order valence-corrected chi connectivity index (χ1v) is 10.8. The minimum Gasteiger partial charge on any atom is -0.497 e. The van der Waals surface area contributed by atoms with Crippen LogP contribution in [0.15, 0.2) is 56.1 Å². The van der Waals surface area contributed by atoms with E-state index in [2.05, 4.69) is 15.0 Å². The number of oxazole rings is 1. The number of ether oxygens (including phenoxy) is 1. The van der Waals surface area contributed by atoms with Gasteiger partial charge in [-0.1, -0.05) is 17.8 Å². The first-order chi connectivity index (χ1) is 14.6. The highest BCUT2D eigenvalue weighted by Crippen LogP contribution is 2.29. The fourth-order valence-electron chi connectivity index (χ4n) is 2.79. The fourth-order valence-corrected chi connectivity index (χ4v) is 4.30. The molecule has 0 saturated heterocycles. The Morgan fingerprint density at radius 1 is 1.27 bits per heavy atom. The maximum atomic E-state index is 12.4. The molecule has 0 aliphatic carbocycles. The van der Waals surface area contributed by atoms with Gasteiger partial charge in [0.2, 0.25) is 5.89 Å². The molecule has 4 rings (SSSR count). The van der Waals surface area contributed by atoms with Gasteiger partial charge in [0.1, 0.15) is 23.1 Å². The summed E-state index contributed by atoms with van der Waals surface area (Å²) in [6.07, 6.45) is 0. The van der Waals surface area contributed by atoms with Crippen molar-refractivity contribution in [3.05, 3.63) is 69.1 Å². The standard InChI is InChI=1S/C21H16N4O3S2/c1-12-16(23-20(28-12)17-4-3-9-29-17)11-30-21-24-18(15(10-22)19(26)25-21)13-5-7-14(27-2)8-6-13/h3-9H,11H2,1-2H3,(H,24,25,26). The zero-order chi connectivity index (χ0) is 21.1. The summed E-state index contributed by atoms with van der Waals surface area (Å²) in [4.78, 5) is 25.2. The first kappa shape index (κ1) is 19.9. The SMILES string of the molecule is COc1ccc(-c2nc(SCc3nc(-c4cccs4)oc3C)[nH]c(=O)c2C#N)cc1. The first-order valence-electron chi connectivity index (χ1n) is 8.91. The molecule has 0 amide bonds. The summed E-state index contributed by atoms with van der Waals surface area (Å²) in [6, 6.07) is 12.9. The van der Waals surface area contributed by atoms with E-state index < -0.39 is 5.56 Å². The summed E-state index contributed by atoms with van der Waals surface area (Å²) >= 11 is 2.89. The number of aromatic nitrogens is 3. The number of rotatable bonds is 6. The number of hydrogen-bond acceptors (Lipinski definition) is 8. The molecule has 30 heavy (non-hydrogen) atoms. The van der Waals surface area contributed by atoms with Gasteiger partial charge < -0.3 is 14.1 Å². The molecule has 3 aromatic heterocycles. The van der Waals surface area contributed by atoms with Gasteiger partial charge in [-0.05, 0) is 42.6 Å². The van der Waals surface area contributed by atoms with Gasteiger partial charge in [0.15, 0.2) is 5.16 Å². The number of thioether (sulfide) groups is 1. The normalized spacial score (nSPS) is 10.7. The van der Waals surface area contributed by atoms with Crippen LogP contribution in [0.2, 0.25) is 0 Å². The number of benzene rings is 1. The fraction of sp³-hybridized carbons (Fsp3) is 0.143. The van der Waals surface area contributed by atoms with Crippen molar-refractivity contribution >= 4 is 23.1 Å². The minimum atomic E-state index is -0.475. The number of methoxy groups -OCH3 is 1. The molecule has 9 heteroatoms. The summed E-state index contributed by atoms with van der Waals surface area (Å²) in [6.45, 7) is 1.86. The summed E-state index contributed by atoms with van der Waals surface area (Å²) in [5.74, 6) is 2.45. The molecule has 150 valence electrons. The lowest BCUT2D eigenvalue weighted by molar-refractivity contribution is 0.415. The van der Waals surface area contributed by atoms with E-state index >= 15 is 0 Å². The molecule has 0 radical (unpaired) electrons. The molecular formula is C21H16N4O3S2. The highest BCUT2D eigenvalue weighted by Gasteiger charge is 2.16. The highest BCUT2D eigenvalue weighted by molar-refractivity contribution is 7.98. The van der Waals surface area contributed by atoms with Gasteiger partial charge in [-0.15, -0.1) is 11.3 Å². The maximum Gasteiger partial charge on any atom is 0.270 e. The molecular weight excluding hydrogens is 420 g/mol. The van der Waals surface area contributed by atoms with E-state index in [4.69, 9.17) is 9.15 Å². The van der Waals surface area contributed by atoms with E-state index in [1.807, 2.05) is 30.5 Å². The van der Waals surface area contributed by atoms with Crippen molar-refractivity contribution in [2.75, 3.05) is 7.11 Å². The van der Waals surface area contributed by atoms with Gasteiger partial charge >= 0.3 is 0 Å². The van der Waals surface area contributed by atoms with Crippen molar-refractivity contribution in [3.8, 4) is 33.8 Å². The second kappa shape index (κ2) is 8.57. The average Bonchev–Trinajstić information content (AvgIpc) is 3.42. The Kier molecular flexibility index (Phi) is 5.70. The third-order valence-corrected chi connectivity index (χ3v) is 6.09. The molecule has 0 fully saturated rings. The molecule has 0 bridgehead atoms. The summed E-state index contributed by atoms with van der Waals surface area (Å²) in [5, 5.41) is 11.8. The third-order valence-electron chi connectivity index (χ3n) is 4.34. The molecule has 0 aliphatic heterocycles. The second-order valence-electron chi connectivity index (χ2n) is 6.22. The van der Waals surface area contributed by atoms with Crippen molar-refractivity contribution in [2.24, 2.45) is 0 Å². The molecule has 4 aromatic rings. The average molecular weight is 437 g/mol. The molecule has 0 unspecified atom stereocenters. The molecule has 0 atom stereocenters. The Hall–Kier alpha value is -3.35. The molecule has 0 saturated carbocycles.